The smallest absolute Gasteiger partial charge is 0.0367 e. The van der Waals surface area contributed by atoms with Crippen LogP contribution in [0.3, 0.4) is 0 Å². The van der Waals surface area contributed by atoms with Gasteiger partial charge in [0.1, 0.15) is 0 Å². The SMILES string of the molecule is Nc1ccc(N2C[CH]CCCCC2)cc1. The van der Waals surface area contributed by atoms with Gasteiger partial charge in [0.2, 0.25) is 0 Å². The normalized spacial score (nSPS) is 18.3. The average Bonchev–Trinajstić information content (AvgIpc) is 2.19. The lowest BCUT2D eigenvalue weighted by atomic mass is 10.1. The zero-order valence-corrected chi connectivity index (χ0v) is 9.15. The zero-order chi connectivity index (χ0) is 10.5. The number of hydrogen-bond acceptors (Lipinski definition) is 2. The van der Waals surface area contributed by atoms with Gasteiger partial charge in [0.15, 0.2) is 0 Å². The van der Waals surface area contributed by atoms with Crippen molar-refractivity contribution in [2.45, 2.75) is 25.7 Å². The zero-order valence-electron chi connectivity index (χ0n) is 9.15. The van der Waals surface area contributed by atoms with Gasteiger partial charge in [-0.1, -0.05) is 12.8 Å². The molecule has 0 bridgehead atoms. The van der Waals surface area contributed by atoms with Crippen LogP contribution in [0, 0.1) is 6.42 Å². The van der Waals surface area contributed by atoms with Crippen LogP contribution in [0.15, 0.2) is 24.3 Å². The first kappa shape index (κ1) is 10.3. The number of nitrogens with two attached hydrogens (primary N) is 1. The van der Waals surface area contributed by atoms with Crippen LogP contribution in [-0.2, 0) is 0 Å². The quantitative estimate of drug-likeness (QED) is 0.711. The highest BCUT2D eigenvalue weighted by atomic mass is 15.1. The van der Waals surface area contributed by atoms with Crippen LogP contribution in [0.2, 0.25) is 0 Å². The molecule has 1 aromatic rings. The van der Waals surface area contributed by atoms with E-state index in [0.29, 0.717) is 0 Å². The Bertz CT molecular complexity index is 284. The summed E-state index contributed by atoms with van der Waals surface area (Å²) in [7, 11) is 0. The maximum atomic E-state index is 5.69. The fourth-order valence-corrected chi connectivity index (χ4v) is 2.03. The molecule has 0 atom stereocenters. The molecule has 1 aliphatic rings. The van der Waals surface area contributed by atoms with Gasteiger partial charge >= 0.3 is 0 Å². The third-order valence-corrected chi connectivity index (χ3v) is 2.94. The molecule has 1 aromatic carbocycles. The largest absolute Gasteiger partial charge is 0.399 e. The van der Waals surface area contributed by atoms with Gasteiger partial charge in [-0.05, 0) is 43.5 Å². The third-order valence-electron chi connectivity index (χ3n) is 2.94. The molecule has 0 amide bonds. The van der Waals surface area contributed by atoms with Crippen LogP contribution < -0.4 is 10.6 Å². The summed E-state index contributed by atoms with van der Waals surface area (Å²) in [6.07, 6.45) is 7.65. The van der Waals surface area contributed by atoms with E-state index in [4.69, 9.17) is 5.73 Å². The summed E-state index contributed by atoms with van der Waals surface area (Å²) >= 11 is 0. The van der Waals surface area contributed by atoms with E-state index in [2.05, 4.69) is 23.5 Å². The molecule has 0 unspecified atom stereocenters. The van der Waals surface area contributed by atoms with Crippen molar-refractivity contribution in [3.8, 4) is 0 Å². The topological polar surface area (TPSA) is 29.3 Å². The minimum absolute atomic E-state index is 0.842. The number of benzene rings is 1. The van der Waals surface area contributed by atoms with Gasteiger partial charge in [0.25, 0.3) is 0 Å². The first-order valence-corrected chi connectivity index (χ1v) is 5.78. The van der Waals surface area contributed by atoms with Gasteiger partial charge in [-0.25, -0.2) is 0 Å². The van der Waals surface area contributed by atoms with E-state index in [0.717, 1.165) is 12.2 Å². The van der Waals surface area contributed by atoms with Crippen LogP contribution >= 0.6 is 0 Å². The molecule has 0 aromatic heterocycles. The van der Waals surface area contributed by atoms with Crippen LogP contribution in [-0.4, -0.2) is 13.1 Å². The molecule has 1 saturated heterocycles. The number of rotatable bonds is 1. The minimum Gasteiger partial charge on any atom is -0.399 e. The molecule has 2 N–H and O–H groups in total. The van der Waals surface area contributed by atoms with E-state index in [1.165, 1.54) is 37.9 Å². The second kappa shape index (κ2) is 5.06. The van der Waals surface area contributed by atoms with E-state index in [1.807, 2.05) is 12.1 Å². The van der Waals surface area contributed by atoms with E-state index in [1.54, 1.807) is 0 Å². The number of hydrogen-bond donors (Lipinski definition) is 1. The Morgan fingerprint density at radius 2 is 1.80 bits per heavy atom. The second-order valence-corrected chi connectivity index (χ2v) is 4.18. The average molecular weight is 203 g/mol. The van der Waals surface area contributed by atoms with Crippen LogP contribution in [0.1, 0.15) is 25.7 Å². The van der Waals surface area contributed by atoms with E-state index >= 15 is 0 Å². The van der Waals surface area contributed by atoms with E-state index in [9.17, 15) is 0 Å². The predicted octanol–water partition coefficient (Wildman–Crippen LogP) is 2.85. The lowest BCUT2D eigenvalue weighted by molar-refractivity contribution is 0.616. The molecule has 15 heavy (non-hydrogen) atoms. The number of anilines is 2. The van der Waals surface area contributed by atoms with Crippen molar-refractivity contribution in [2.75, 3.05) is 23.7 Å². The number of nitrogens with zero attached hydrogens (tertiary/aromatic N) is 1. The van der Waals surface area contributed by atoms with E-state index in [-0.39, 0.29) is 0 Å². The van der Waals surface area contributed by atoms with Crippen molar-refractivity contribution in [3.05, 3.63) is 30.7 Å². The van der Waals surface area contributed by atoms with Crippen LogP contribution in [0.5, 0.6) is 0 Å². The standard InChI is InChI=1S/C13H19N2/c14-12-6-8-13(9-7-12)15-10-4-2-1-3-5-11-15/h4,6-9H,1-3,5,10-11,14H2. The molecule has 1 radical (unpaired) electrons. The predicted molar refractivity (Wildman–Crippen MR) is 65.8 cm³/mol. The summed E-state index contributed by atoms with van der Waals surface area (Å²) in [4.78, 5) is 2.43. The van der Waals surface area contributed by atoms with Crippen molar-refractivity contribution < 1.29 is 0 Å². The summed E-state index contributed by atoms with van der Waals surface area (Å²) in [5, 5.41) is 0. The minimum atomic E-state index is 0.842. The Balaban J connectivity index is 2.03. The van der Waals surface area contributed by atoms with Crippen molar-refractivity contribution in [1.29, 1.82) is 0 Å². The maximum Gasteiger partial charge on any atom is 0.0367 e. The fraction of sp³-hybridized carbons (Fsp3) is 0.462. The molecule has 1 heterocycles. The fourth-order valence-electron chi connectivity index (χ4n) is 2.03. The Morgan fingerprint density at radius 3 is 2.60 bits per heavy atom. The second-order valence-electron chi connectivity index (χ2n) is 4.18. The highest BCUT2D eigenvalue weighted by Gasteiger charge is 2.08. The van der Waals surface area contributed by atoms with Crippen LogP contribution in [0.25, 0.3) is 0 Å². The van der Waals surface area contributed by atoms with Gasteiger partial charge in [-0.15, -0.1) is 0 Å². The summed E-state index contributed by atoms with van der Waals surface area (Å²) in [5.74, 6) is 0. The Kier molecular flexibility index (Phi) is 3.49. The molecule has 0 aliphatic carbocycles. The van der Waals surface area contributed by atoms with Gasteiger partial charge < -0.3 is 10.6 Å². The van der Waals surface area contributed by atoms with Crippen molar-refractivity contribution in [2.24, 2.45) is 0 Å². The van der Waals surface area contributed by atoms with Gasteiger partial charge in [-0.2, -0.15) is 0 Å². The Hall–Kier alpha value is -1.18. The molecule has 0 saturated carbocycles. The van der Waals surface area contributed by atoms with E-state index < -0.39 is 0 Å². The first-order chi connectivity index (χ1) is 7.36. The molecule has 0 spiro atoms. The van der Waals surface area contributed by atoms with Gasteiger partial charge in [-0.3, -0.25) is 0 Å². The lowest BCUT2D eigenvalue weighted by Crippen LogP contribution is -2.27. The van der Waals surface area contributed by atoms with Crippen molar-refractivity contribution in [1.82, 2.24) is 0 Å². The molecule has 2 nitrogen and oxygen atoms in total. The van der Waals surface area contributed by atoms with Crippen molar-refractivity contribution in [3.63, 3.8) is 0 Å². The lowest BCUT2D eigenvalue weighted by Gasteiger charge is -2.26. The molecule has 1 fully saturated rings. The van der Waals surface area contributed by atoms with Crippen LogP contribution in [0.4, 0.5) is 11.4 Å². The molecule has 1 aliphatic heterocycles. The highest BCUT2D eigenvalue weighted by molar-refractivity contribution is 5.53. The molecule has 2 heteroatoms. The van der Waals surface area contributed by atoms with Gasteiger partial charge in [0.05, 0.1) is 0 Å². The Morgan fingerprint density at radius 1 is 1.00 bits per heavy atom. The highest BCUT2D eigenvalue weighted by Crippen LogP contribution is 2.19. The van der Waals surface area contributed by atoms with Crippen molar-refractivity contribution >= 4 is 11.4 Å². The molecule has 2 rings (SSSR count). The summed E-state index contributed by atoms with van der Waals surface area (Å²) in [5.41, 5.74) is 7.82. The molecular weight excluding hydrogens is 184 g/mol. The summed E-state index contributed by atoms with van der Waals surface area (Å²) in [6.45, 7) is 2.24. The molecular formula is C13H19N2. The molecule has 81 valence electrons. The summed E-state index contributed by atoms with van der Waals surface area (Å²) < 4.78 is 0. The monoisotopic (exact) mass is 203 g/mol. The maximum absolute atomic E-state index is 5.69. The number of nitrogen functional groups attached to an aromatic ring is 1. The Labute approximate surface area is 92.1 Å². The first-order valence-electron chi connectivity index (χ1n) is 5.78. The summed E-state index contributed by atoms with van der Waals surface area (Å²) in [6, 6.07) is 8.19. The third kappa shape index (κ3) is 2.88. The van der Waals surface area contributed by atoms with Gasteiger partial charge in [0, 0.05) is 24.5 Å².